The predicted molar refractivity (Wildman–Crippen MR) is 130 cm³/mol. The summed E-state index contributed by atoms with van der Waals surface area (Å²) < 4.78 is 20.4. The van der Waals surface area contributed by atoms with Crippen LogP contribution < -0.4 is 5.56 Å². The molecule has 176 valence electrons. The number of thiophene rings is 1. The molecule has 1 unspecified atom stereocenters. The minimum absolute atomic E-state index is 0.0408. The van der Waals surface area contributed by atoms with Gasteiger partial charge in [-0.1, -0.05) is 12.1 Å². The van der Waals surface area contributed by atoms with Gasteiger partial charge in [0.1, 0.15) is 10.6 Å². The summed E-state index contributed by atoms with van der Waals surface area (Å²) >= 11 is 1.69. The maximum absolute atomic E-state index is 13.5. The van der Waals surface area contributed by atoms with Gasteiger partial charge in [-0.15, -0.1) is 11.3 Å². The summed E-state index contributed by atoms with van der Waals surface area (Å²) in [4.78, 5) is 25.2. The van der Waals surface area contributed by atoms with Crippen LogP contribution in [0.15, 0.2) is 35.4 Å². The second-order valence-electron chi connectivity index (χ2n) is 9.07. The van der Waals surface area contributed by atoms with Gasteiger partial charge < -0.3 is 4.74 Å². The normalized spacial score (nSPS) is 19.8. The monoisotopic (exact) mass is 470 g/mol. The van der Waals surface area contributed by atoms with E-state index in [1.807, 2.05) is 6.07 Å². The van der Waals surface area contributed by atoms with Gasteiger partial charge in [-0.05, 0) is 48.9 Å². The molecule has 3 heterocycles. The summed E-state index contributed by atoms with van der Waals surface area (Å²) in [5, 5.41) is 0.805. The van der Waals surface area contributed by atoms with Crippen molar-refractivity contribution in [3.05, 3.63) is 62.8 Å². The number of ether oxygens (including phenoxy) is 1. The summed E-state index contributed by atoms with van der Waals surface area (Å²) in [5.74, 6) is -0.244. The zero-order valence-electron chi connectivity index (χ0n) is 19.1. The summed E-state index contributed by atoms with van der Waals surface area (Å²) in [6.07, 6.45) is 5.30. The van der Waals surface area contributed by atoms with Gasteiger partial charge in [-0.3, -0.25) is 19.2 Å². The minimum atomic E-state index is -0.244. The fourth-order valence-electron chi connectivity index (χ4n) is 5.17. The molecule has 0 amide bonds. The van der Waals surface area contributed by atoms with E-state index in [0.29, 0.717) is 19.0 Å². The van der Waals surface area contributed by atoms with E-state index in [-0.39, 0.29) is 11.4 Å². The molecule has 1 aromatic carbocycles. The molecular weight excluding hydrogens is 439 g/mol. The fourth-order valence-corrected chi connectivity index (χ4v) is 6.42. The number of fused-ring (bicyclic) bond motifs is 3. The van der Waals surface area contributed by atoms with Crippen LogP contribution in [0.3, 0.4) is 0 Å². The zero-order valence-corrected chi connectivity index (χ0v) is 20.0. The molecule has 0 bridgehead atoms. The number of rotatable bonds is 7. The van der Waals surface area contributed by atoms with Gasteiger partial charge in [0.05, 0.1) is 18.3 Å². The Labute approximate surface area is 197 Å². The molecule has 0 radical (unpaired) electrons. The van der Waals surface area contributed by atoms with Crippen molar-refractivity contribution in [2.24, 2.45) is 0 Å². The number of aryl methyl sites for hydroxylation is 3. The van der Waals surface area contributed by atoms with Crippen LogP contribution in [-0.4, -0.2) is 71.8 Å². The highest BCUT2D eigenvalue weighted by atomic mass is 32.1. The van der Waals surface area contributed by atoms with Crippen LogP contribution in [0.25, 0.3) is 10.2 Å². The van der Waals surface area contributed by atoms with Crippen molar-refractivity contribution in [2.75, 3.05) is 46.4 Å². The van der Waals surface area contributed by atoms with E-state index in [1.54, 1.807) is 35.4 Å². The topological polar surface area (TPSA) is 50.6 Å². The molecule has 3 aromatic rings. The average molecular weight is 471 g/mol. The summed E-state index contributed by atoms with van der Waals surface area (Å²) in [6, 6.07) is 7.12. The molecule has 8 heteroatoms. The molecule has 1 fully saturated rings. The lowest BCUT2D eigenvalue weighted by Crippen LogP contribution is -2.52. The molecule has 33 heavy (non-hydrogen) atoms. The predicted octanol–water partition coefficient (Wildman–Crippen LogP) is 2.96. The van der Waals surface area contributed by atoms with E-state index in [1.165, 1.54) is 22.6 Å². The highest BCUT2D eigenvalue weighted by Gasteiger charge is 2.30. The first kappa shape index (κ1) is 22.7. The molecule has 1 atom stereocenters. The van der Waals surface area contributed by atoms with Gasteiger partial charge in [0.25, 0.3) is 5.56 Å². The Hall–Kier alpha value is -2.13. The van der Waals surface area contributed by atoms with Gasteiger partial charge in [-0.25, -0.2) is 9.37 Å². The Morgan fingerprint density at radius 3 is 2.85 bits per heavy atom. The third-order valence-electron chi connectivity index (χ3n) is 7.08. The second kappa shape index (κ2) is 10.0. The number of halogens is 1. The third-order valence-corrected chi connectivity index (χ3v) is 8.24. The van der Waals surface area contributed by atoms with Crippen molar-refractivity contribution in [2.45, 2.75) is 38.3 Å². The van der Waals surface area contributed by atoms with Crippen molar-refractivity contribution in [1.29, 1.82) is 0 Å². The van der Waals surface area contributed by atoms with Gasteiger partial charge in [0, 0.05) is 57.3 Å². The first-order chi connectivity index (χ1) is 16.1. The number of nitrogens with zero attached hydrogens (tertiary/aromatic N) is 4. The van der Waals surface area contributed by atoms with Gasteiger partial charge in [-0.2, -0.15) is 0 Å². The highest BCUT2D eigenvalue weighted by molar-refractivity contribution is 7.18. The van der Waals surface area contributed by atoms with Crippen molar-refractivity contribution < 1.29 is 9.13 Å². The largest absolute Gasteiger partial charge is 0.383 e. The molecule has 0 saturated carbocycles. The second-order valence-corrected chi connectivity index (χ2v) is 10.2. The van der Waals surface area contributed by atoms with Gasteiger partial charge in [0.15, 0.2) is 0 Å². The van der Waals surface area contributed by atoms with E-state index < -0.39 is 0 Å². The van der Waals surface area contributed by atoms with Crippen molar-refractivity contribution in [3.8, 4) is 0 Å². The lowest BCUT2D eigenvalue weighted by molar-refractivity contribution is 0.0707. The van der Waals surface area contributed by atoms with Crippen molar-refractivity contribution in [3.63, 3.8) is 0 Å². The Morgan fingerprint density at radius 1 is 1.21 bits per heavy atom. The standard InChI is InChI=1S/C25H31FN4O2S/c1-32-14-13-28-9-11-29(12-10-28)20-5-6-21-22(16-20)33-24-23(21)25(31)30(17-27-24)8-7-18-3-2-4-19(26)15-18/h2-4,15,17,20H,5-14,16H2,1H3. The molecule has 0 N–H and O–H groups in total. The molecule has 0 spiro atoms. The minimum Gasteiger partial charge on any atom is -0.383 e. The smallest absolute Gasteiger partial charge is 0.262 e. The van der Waals surface area contributed by atoms with Crippen LogP contribution in [-0.2, 0) is 30.5 Å². The number of piperazine rings is 1. The number of hydrogen-bond acceptors (Lipinski definition) is 6. The van der Waals surface area contributed by atoms with Crippen LogP contribution in [0.1, 0.15) is 22.4 Å². The Balaban J connectivity index is 1.28. The lowest BCUT2D eigenvalue weighted by Gasteiger charge is -2.40. The first-order valence-electron chi connectivity index (χ1n) is 11.8. The highest BCUT2D eigenvalue weighted by Crippen LogP contribution is 2.35. The molecule has 2 aliphatic rings. The van der Waals surface area contributed by atoms with E-state index >= 15 is 0 Å². The number of aromatic nitrogens is 2. The third kappa shape index (κ3) is 4.89. The molecule has 1 aliphatic heterocycles. The van der Waals surface area contributed by atoms with Crippen LogP contribution in [0.5, 0.6) is 0 Å². The van der Waals surface area contributed by atoms with E-state index in [4.69, 9.17) is 4.74 Å². The molecular formula is C25H31FN4O2S. The van der Waals surface area contributed by atoms with E-state index in [9.17, 15) is 9.18 Å². The average Bonchev–Trinajstić information content (AvgIpc) is 3.21. The molecule has 2 aromatic heterocycles. The first-order valence-corrected chi connectivity index (χ1v) is 12.6. The molecule has 1 saturated heterocycles. The summed E-state index contributed by atoms with van der Waals surface area (Å²) in [6.45, 7) is 6.69. The quantitative estimate of drug-likeness (QED) is 0.532. The summed E-state index contributed by atoms with van der Waals surface area (Å²) in [5.41, 5.74) is 2.14. The number of hydrogen-bond donors (Lipinski definition) is 0. The Bertz CT molecular complexity index is 1170. The molecule has 6 nitrogen and oxygen atoms in total. The fraction of sp³-hybridized carbons (Fsp3) is 0.520. The number of methoxy groups -OCH3 is 1. The molecule has 5 rings (SSSR count). The maximum atomic E-state index is 13.5. The Morgan fingerprint density at radius 2 is 2.06 bits per heavy atom. The van der Waals surface area contributed by atoms with Crippen molar-refractivity contribution >= 4 is 21.6 Å². The van der Waals surface area contributed by atoms with E-state index in [2.05, 4.69) is 14.8 Å². The van der Waals surface area contributed by atoms with E-state index in [0.717, 1.165) is 74.4 Å². The molecule has 1 aliphatic carbocycles. The SMILES string of the molecule is COCCN1CCN(C2CCc3c(sc4ncn(CCc5cccc(F)c5)c(=O)c34)C2)CC1. The van der Waals surface area contributed by atoms with Gasteiger partial charge in [0.2, 0.25) is 0 Å². The Kier molecular flexibility index (Phi) is 6.87. The van der Waals surface area contributed by atoms with Crippen LogP contribution >= 0.6 is 11.3 Å². The maximum Gasteiger partial charge on any atom is 0.262 e. The van der Waals surface area contributed by atoms with Crippen LogP contribution in [0, 0.1) is 5.82 Å². The number of benzene rings is 1. The lowest BCUT2D eigenvalue weighted by atomic mass is 9.91. The van der Waals surface area contributed by atoms with Crippen molar-refractivity contribution in [1.82, 2.24) is 19.4 Å². The summed E-state index contributed by atoms with van der Waals surface area (Å²) in [7, 11) is 1.76. The zero-order chi connectivity index (χ0) is 22.8. The van der Waals surface area contributed by atoms with Crippen LogP contribution in [0.4, 0.5) is 4.39 Å². The van der Waals surface area contributed by atoms with Gasteiger partial charge >= 0.3 is 0 Å². The van der Waals surface area contributed by atoms with Crippen LogP contribution in [0.2, 0.25) is 0 Å².